The Balaban J connectivity index is 1.46. The Hall–Kier alpha value is -0.900. The van der Waals surface area contributed by atoms with Crippen LogP contribution in [0.3, 0.4) is 0 Å². The number of fused-ring (bicyclic) bond motifs is 5. The zero-order valence-electron chi connectivity index (χ0n) is 21.1. The van der Waals surface area contributed by atoms with E-state index in [1.54, 1.807) is 0 Å². The summed E-state index contributed by atoms with van der Waals surface area (Å²) in [6, 6.07) is 0. The largest absolute Gasteiger partial charge is 0.388 e. The van der Waals surface area contributed by atoms with E-state index in [9.17, 15) is 14.7 Å². The van der Waals surface area contributed by atoms with Crippen molar-refractivity contribution < 1.29 is 14.7 Å². The Morgan fingerprint density at radius 3 is 2.53 bits per heavy atom. The maximum atomic E-state index is 12.7. The molecule has 7 atom stereocenters. The highest BCUT2D eigenvalue weighted by molar-refractivity contribution is 5.87. The molecule has 0 radical (unpaired) electrons. The number of aliphatic hydroxyl groups is 1. The number of amides is 1. The molecule has 4 rings (SSSR count). The number of Topliss-reactive ketones (excluding diaryl/α,β-unsaturated/α-hetero) is 1. The van der Waals surface area contributed by atoms with Crippen LogP contribution < -0.4 is 0 Å². The van der Waals surface area contributed by atoms with Gasteiger partial charge in [-0.25, -0.2) is 0 Å². The van der Waals surface area contributed by atoms with E-state index in [0.29, 0.717) is 42.4 Å². The molecule has 0 aromatic carbocycles. The molecule has 0 aliphatic heterocycles. The Morgan fingerprint density at radius 2 is 1.81 bits per heavy atom. The molecule has 0 saturated heterocycles. The molecule has 0 bridgehead atoms. The molecular formula is C28H47NO3. The van der Waals surface area contributed by atoms with E-state index in [2.05, 4.69) is 20.8 Å². The normalized spacial score (nSPS) is 43.3. The van der Waals surface area contributed by atoms with Crippen molar-refractivity contribution in [3.8, 4) is 0 Å². The molecule has 32 heavy (non-hydrogen) atoms. The molecule has 182 valence electrons. The Morgan fingerprint density at radius 1 is 1.03 bits per heavy atom. The van der Waals surface area contributed by atoms with Crippen LogP contribution in [0, 0.1) is 34.5 Å². The Kier molecular flexibility index (Phi) is 6.85. The average Bonchev–Trinajstić information content (AvgIpc) is 3.08. The third kappa shape index (κ3) is 4.07. The fraction of sp³-hybridized carbons (Fsp3) is 0.929. The smallest absolute Gasteiger partial charge is 0.222 e. The first-order chi connectivity index (χ1) is 15.2. The lowest BCUT2D eigenvalue weighted by atomic mass is 9.44. The number of unbranched alkanes of at least 4 members (excludes halogenated alkanes) is 2. The number of hydrogen-bond donors (Lipinski definition) is 1. The van der Waals surface area contributed by atoms with Crippen molar-refractivity contribution in [3.63, 3.8) is 0 Å². The Bertz CT molecular complexity index is 721. The van der Waals surface area contributed by atoms with Gasteiger partial charge in [0.2, 0.25) is 5.91 Å². The van der Waals surface area contributed by atoms with Crippen LogP contribution in [-0.4, -0.2) is 40.4 Å². The summed E-state index contributed by atoms with van der Waals surface area (Å²) in [6.45, 7) is 10.2. The van der Waals surface area contributed by atoms with E-state index in [1.807, 2.05) is 11.8 Å². The van der Waals surface area contributed by atoms with Crippen LogP contribution in [0.15, 0.2) is 0 Å². The van der Waals surface area contributed by atoms with Gasteiger partial charge in [0, 0.05) is 31.3 Å². The molecule has 4 heteroatoms. The number of hydrogen-bond acceptors (Lipinski definition) is 3. The van der Waals surface area contributed by atoms with E-state index >= 15 is 0 Å². The lowest BCUT2D eigenvalue weighted by Gasteiger charge is -2.61. The van der Waals surface area contributed by atoms with E-state index in [-0.39, 0.29) is 16.7 Å². The number of ketones is 1. The number of carbonyl (C=O) groups is 2. The SMILES string of the molecule is CCCCCN(C[C@@]1(O)CC[C@@]2(C)[C@@H](CC[C@@H]3[C@@H]2CC[C@]2(C)C(=O)CC[C@@H]32)C1)C(=O)CC. The first-order valence-corrected chi connectivity index (χ1v) is 13.7. The molecule has 4 fully saturated rings. The van der Waals surface area contributed by atoms with Crippen molar-refractivity contribution >= 4 is 11.7 Å². The number of carbonyl (C=O) groups excluding carboxylic acids is 2. The summed E-state index contributed by atoms with van der Waals surface area (Å²) in [6.07, 6.45) is 13.1. The van der Waals surface area contributed by atoms with Gasteiger partial charge in [-0.15, -0.1) is 0 Å². The average molecular weight is 446 g/mol. The van der Waals surface area contributed by atoms with Gasteiger partial charge in [0.25, 0.3) is 0 Å². The second-order valence-corrected chi connectivity index (χ2v) is 12.4. The minimum absolute atomic E-state index is 0.0563. The highest BCUT2D eigenvalue weighted by Crippen LogP contribution is 2.66. The van der Waals surface area contributed by atoms with Gasteiger partial charge in [0.05, 0.1) is 5.60 Å². The van der Waals surface area contributed by atoms with Crippen molar-refractivity contribution in [1.82, 2.24) is 4.90 Å². The van der Waals surface area contributed by atoms with E-state index < -0.39 is 5.60 Å². The van der Waals surface area contributed by atoms with Crippen molar-refractivity contribution in [3.05, 3.63) is 0 Å². The minimum atomic E-state index is -0.736. The van der Waals surface area contributed by atoms with Gasteiger partial charge in [-0.2, -0.15) is 0 Å². The fourth-order valence-electron chi connectivity index (χ4n) is 8.66. The van der Waals surface area contributed by atoms with Crippen LogP contribution in [0.1, 0.15) is 111 Å². The van der Waals surface area contributed by atoms with Crippen LogP contribution >= 0.6 is 0 Å². The van der Waals surface area contributed by atoms with Crippen LogP contribution in [0.5, 0.6) is 0 Å². The third-order valence-corrected chi connectivity index (χ3v) is 10.7. The lowest BCUT2D eigenvalue weighted by Crippen LogP contribution is -2.58. The fourth-order valence-corrected chi connectivity index (χ4v) is 8.66. The van der Waals surface area contributed by atoms with Crippen molar-refractivity contribution in [2.24, 2.45) is 34.5 Å². The minimum Gasteiger partial charge on any atom is -0.388 e. The van der Waals surface area contributed by atoms with Gasteiger partial charge >= 0.3 is 0 Å². The number of rotatable bonds is 7. The van der Waals surface area contributed by atoms with Gasteiger partial charge < -0.3 is 10.0 Å². The highest BCUT2D eigenvalue weighted by Gasteiger charge is 2.61. The van der Waals surface area contributed by atoms with Crippen molar-refractivity contribution in [2.45, 2.75) is 117 Å². The molecule has 0 aromatic rings. The van der Waals surface area contributed by atoms with Crippen molar-refractivity contribution in [1.29, 1.82) is 0 Å². The molecule has 1 N–H and O–H groups in total. The maximum absolute atomic E-state index is 12.7. The zero-order chi connectivity index (χ0) is 23.1. The topological polar surface area (TPSA) is 57.6 Å². The molecule has 4 aliphatic rings. The highest BCUT2D eigenvalue weighted by atomic mass is 16.3. The van der Waals surface area contributed by atoms with Gasteiger partial charge in [0.1, 0.15) is 5.78 Å². The van der Waals surface area contributed by atoms with Crippen LogP contribution in [0.25, 0.3) is 0 Å². The van der Waals surface area contributed by atoms with Gasteiger partial charge in [-0.1, -0.05) is 40.5 Å². The summed E-state index contributed by atoms with van der Waals surface area (Å²) in [7, 11) is 0. The molecule has 0 aromatic heterocycles. The first kappa shape index (κ1) is 24.2. The van der Waals surface area contributed by atoms with Crippen LogP contribution in [0.4, 0.5) is 0 Å². The first-order valence-electron chi connectivity index (χ1n) is 13.7. The maximum Gasteiger partial charge on any atom is 0.222 e. The quantitative estimate of drug-likeness (QED) is 0.507. The van der Waals surface area contributed by atoms with E-state index in [1.165, 1.54) is 19.3 Å². The predicted molar refractivity (Wildman–Crippen MR) is 128 cm³/mol. The lowest BCUT2D eigenvalue weighted by molar-refractivity contribution is -0.161. The molecule has 4 saturated carbocycles. The molecule has 4 aliphatic carbocycles. The molecular weight excluding hydrogens is 398 g/mol. The van der Waals surface area contributed by atoms with E-state index in [4.69, 9.17) is 0 Å². The van der Waals surface area contributed by atoms with E-state index in [0.717, 1.165) is 64.3 Å². The Labute approximate surface area is 195 Å². The summed E-state index contributed by atoms with van der Waals surface area (Å²) in [5.41, 5.74) is -0.510. The molecule has 0 heterocycles. The third-order valence-electron chi connectivity index (χ3n) is 10.7. The summed E-state index contributed by atoms with van der Waals surface area (Å²) in [4.78, 5) is 27.2. The second-order valence-electron chi connectivity index (χ2n) is 12.4. The van der Waals surface area contributed by atoms with Crippen LogP contribution in [-0.2, 0) is 9.59 Å². The number of nitrogens with zero attached hydrogens (tertiary/aromatic N) is 1. The van der Waals surface area contributed by atoms with Crippen LogP contribution in [0.2, 0.25) is 0 Å². The molecule has 1 amide bonds. The molecule has 0 unspecified atom stereocenters. The summed E-state index contributed by atoms with van der Waals surface area (Å²) >= 11 is 0. The predicted octanol–water partition coefficient (Wildman–Crippen LogP) is 5.76. The molecule has 4 nitrogen and oxygen atoms in total. The summed E-state index contributed by atoms with van der Waals surface area (Å²) in [5, 5.41) is 11.7. The van der Waals surface area contributed by atoms with Gasteiger partial charge in [-0.05, 0) is 86.9 Å². The standard InChI is InChI=1S/C28H47NO3/c1-5-7-8-17-29(25(31)6-2)19-28(32)16-15-26(3)20(18-28)9-10-21-22-11-12-24(30)27(22,4)14-13-23(21)26/h20-23,32H,5-19H2,1-4H3/t20-,21-,22-,23-,26-,27-,28+/m0/s1. The monoisotopic (exact) mass is 445 g/mol. The summed E-state index contributed by atoms with van der Waals surface area (Å²) in [5.74, 6) is 3.23. The van der Waals surface area contributed by atoms with Crippen molar-refractivity contribution in [2.75, 3.05) is 13.1 Å². The zero-order valence-corrected chi connectivity index (χ0v) is 21.1. The van der Waals surface area contributed by atoms with Gasteiger partial charge in [-0.3, -0.25) is 9.59 Å². The molecule has 0 spiro atoms. The van der Waals surface area contributed by atoms with Gasteiger partial charge in [0.15, 0.2) is 0 Å². The summed E-state index contributed by atoms with van der Waals surface area (Å²) < 4.78 is 0. The second kappa shape index (κ2) is 9.04.